The Hall–Kier alpha value is -1.56. The van der Waals surface area contributed by atoms with Gasteiger partial charge in [-0.2, -0.15) is 0 Å². The fraction of sp³-hybridized carbons (Fsp3) is 0.538. The van der Waals surface area contributed by atoms with Crippen LogP contribution in [0.15, 0.2) is 12.1 Å². The van der Waals surface area contributed by atoms with E-state index in [9.17, 15) is 8.78 Å². The number of rotatable bonds is 8. The predicted octanol–water partition coefficient (Wildman–Crippen LogP) is 2.24. The molecule has 0 heterocycles. The molecule has 0 aliphatic heterocycles. The number of hydrogen-bond acceptors (Lipinski definition) is 4. The highest BCUT2D eigenvalue weighted by Crippen LogP contribution is 2.38. The van der Waals surface area contributed by atoms with Gasteiger partial charge in [-0.3, -0.25) is 0 Å². The van der Waals surface area contributed by atoms with E-state index in [1.165, 1.54) is 14.2 Å². The van der Waals surface area contributed by atoms with Gasteiger partial charge in [-0.25, -0.2) is 8.78 Å². The highest BCUT2D eigenvalue weighted by Gasteiger charge is 2.14. The molecule has 0 fully saturated rings. The molecule has 108 valence electrons. The Morgan fingerprint density at radius 2 is 1.74 bits per heavy atom. The third-order valence-electron chi connectivity index (χ3n) is 2.54. The molecule has 0 spiro atoms. The first-order chi connectivity index (χ1) is 9.12. The van der Waals surface area contributed by atoms with Crippen LogP contribution in [0.1, 0.15) is 12.0 Å². The summed E-state index contributed by atoms with van der Waals surface area (Å²) in [7, 11) is 2.97. The highest BCUT2D eigenvalue weighted by molar-refractivity contribution is 5.54. The van der Waals surface area contributed by atoms with Crippen LogP contribution in [-0.2, 0) is 6.42 Å². The van der Waals surface area contributed by atoms with Crippen LogP contribution in [0.5, 0.6) is 17.2 Å². The predicted molar refractivity (Wildman–Crippen MR) is 68.4 cm³/mol. The van der Waals surface area contributed by atoms with Crippen LogP contribution in [0.2, 0.25) is 0 Å². The zero-order valence-corrected chi connectivity index (χ0v) is 11.1. The molecule has 1 aromatic carbocycles. The molecular formula is C13H19F2NO3. The molecule has 0 aromatic heterocycles. The number of alkyl halides is 2. The van der Waals surface area contributed by atoms with Crippen LogP contribution in [-0.4, -0.2) is 33.8 Å². The third kappa shape index (κ3) is 4.55. The first kappa shape index (κ1) is 15.5. The van der Waals surface area contributed by atoms with Crippen LogP contribution in [0.4, 0.5) is 8.78 Å². The third-order valence-corrected chi connectivity index (χ3v) is 2.54. The molecule has 6 heteroatoms. The van der Waals surface area contributed by atoms with Crippen molar-refractivity contribution in [2.24, 2.45) is 5.73 Å². The molecule has 4 nitrogen and oxygen atoms in total. The van der Waals surface area contributed by atoms with Gasteiger partial charge in [0.2, 0.25) is 12.2 Å². The zero-order valence-electron chi connectivity index (χ0n) is 11.1. The largest absolute Gasteiger partial charge is 0.493 e. The van der Waals surface area contributed by atoms with Crippen molar-refractivity contribution in [3.05, 3.63) is 17.7 Å². The lowest BCUT2D eigenvalue weighted by molar-refractivity contribution is 0.112. The van der Waals surface area contributed by atoms with E-state index in [1.54, 1.807) is 12.1 Å². The summed E-state index contributed by atoms with van der Waals surface area (Å²) in [4.78, 5) is 0. The smallest absolute Gasteiger partial charge is 0.241 e. The Balaban J connectivity index is 2.92. The fourth-order valence-corrected chi connectivity index (χ4v) is 1.64. The quantitative estimate of drug-likeness (QED) is 0.790. The molecule has 2 N–H and O–H groups in total. The van der Waals surface area contributed by atoms with Gasteiger partial charge in [0.1, 0.15) is 0 Å². The Kier molecular flexibility index (Phi) is 6.35. The van der Waals surface area contributed by atoms with Gasteiger partial charge in [0.25, 0.3) is 0 Å². The summed E-state index contributed by atoms with van der Waals surface area (Å²) in [5.74, 6) is 1.25. The second-order valence-corrected chi connectivity index (χ2v) is 3.90. The molecule has 19 heavy (non-hydrogen) atoms. The maximum Gasteiger partial charge on any atom is 0.241 e. The minimum Gasteiger partial charge on any atom is -0.493 e. The minimum atomic E-state index is -2.39. The van der Waals surface area contributed by atoms with Crippen LogP contribution in [0.3, 0.4) is 0 Å². The van der Waals surface area contributed by atoms with Gasteiger partial charge >= 0.3 is 0 Å². The second-order valence-electron chi connectivity index (χ2n) is 3.90. The van der Waals surface area contributed by atoms with Crippen LogP contribution >= 0.6 is 0 Å². The highest BCUT2D eigenvalue weighted by atomic mass is 19.3. The number of nitrogens with two attached hydrogens (primary N) is 1. The van der Waals surface area contributed by atoms with Gasteiger partial charge in [-0.05, 0) is 30.7 Å². The standard InChI is InChI=1S/C13H19F2NO3/c1-17-10-7-9(3-5-16)8-11(18-2)13(10)19-6-4-12(14)15/h7-8,12H,3-6,16H2,1-2H3. The molecule has 0 saturated heterocycles. The first-order valence-corrected chi connectivity index (χ1v) is 5.98. The van der Waals surface area contributed by atoms with Gasteiger partial charge in [-0.1, -0.05) is 0 Å². The topological polar surface area (TPSA) is 53.7 Å². The van der Waals surface area contributed by atoms with Crippen molar-refractivity contribution in [3.8, 4) is 17.2 Å². The SMILES string of the molecule is COc1cc(CCN)cc(OC)c1OCCC(F)F. The lowest BCUT2D eigenvalue weighted by atomic mass is 10.1. The van der Waals surface area contributed by atoms with E-state index in [-0.39, 0.29) is 13.0 Å². The molecule has 0 bridgehead atoms. The zero-order chi connectivity index (χ0) is 14.3. The lowest BCUT2D eigenvalue weighted by Gasteiger charge is -2.16. The van der Waals surface area contributed by atoms with Crippen molar-refractivity contribution in [2.75, 3.05) is 27.4 Å². The van der Waals surface area contributed by atoms with Crippen molar-refractivity contribution in [2.45, 2.75) is 19.3 Å². The van der Waals surface area contributed by atoms with Gasteiger partial charge < -0.3 is 19.9 Å². The molecule has 0 aliphatic rings. The second kappa shape index (κ2) is 7.78. The number of hydrogen-bond donors (Lipinski definition) is 1. The maximum absolute atomic E-state index is 12.1. The van der Waals surface area contributed by atoms with E-state index in [1.807, 2.05) is 0 Å². The summed E-state index contributed by atoms with van der Waals surface area (Å²) in [6.07, 6.45) is -2.06. The summed E-state index contributed by atoms with van der Waals surface area (Å²) in [5.41, 5.74) is 6.44. The fourth-order valence-electron chi connectivity index (χ4n) is 1.64. The molecule has 0 unspecified atom stereocenters. The Bertz CT molecular complexity index is 374. The van der Waals surface area contributed by atoms with Gasteiger partial charge in [0.15, 0.2) is 11.5 Å². The molecule has 0 saturated carbocycles. The number of halogens is 2. The van der Waals surface area contributed by atoms with E-state index in [0.29, 0.717) is 30.2 Å². The lowest BCUT2D eigenvalue weighted by Crippen LogP contribution is -2.07. The average molecular weight is 275 g/mol. The normalized spacial score (nSPS) is 10.6. The van der Waals surface area contributed by atoms with E-state index in [2.05, 4.69) is 0 Å². The van der Waals surface area contributed by atoms with Crippen LogP contribution < -0.4 is 19.9 Å². The Labute approximate surface area is 111 Å². The van der Waals surface area contributed by atoms with Crippen LogP contribution in [0.25, 0.3) is 0 Å². The van der Waals surface area contributed by atoms with Crippen molar-refractivity contribution < 1.29 is 23.0 Å². The molecule has 0 aliphatic carbocycles. The van der Waals surface area contributed by atoms with Crippen molar-refractivity contribution in [3.63, 3.8) is 0 Å². The van der Waals surface area contributed by atoms with E-state index >= 15 is 0 Å². The van der Waals surface area contributed by atoms with Crippen molar-refractivity contribution in [1.29, 1.82) is 0 Å². The Morgan fingerprint density at radius 1 is 1.16 bits per heavy atom. The Morgan fingerprint density at radius 3 is 2.16 bits per heavy atom. The van der Waals surface area contributed by atoms with Gasteiger partial charge in [0.05, 0.1) is 20.8 Å². The van der Waals surface area contributed by atoms with E-state index in [0.717, 1.165) is 5.56 Å². The first-order valence-electron chi connectivity index (χ1n) is 5.98. The molecule has 1 rings (SSSR count). The summed E-state index contributed by atoms with van der Waals surface area (Å²) in [6, 6.07) is 3.54. The van der Waals surface area contributed by atoms with Crippen molar-refractivity contribution >= 4 is 0 Å². The number of methoxy groups -OCH3 is 2. The number of benzene rings is 1. The van der Waals surface area contributed by atoms with E-state index in [4.69, 9.17) is 19.9 Å². The average Bonchev–Trinajstić information content (AvgIpc) is 2.39. The molecule has 1 aromatic rings. The van der Waals surface area contributed by atoms with Crippen molar-refractivity contribution in [1.82, 2.24) is 0 Å². The molecule has 0 atom stereocenters. The molecule has 0 amide bonds. The van der Waals surface area contributed by atoms with Gasteiger partial charge in [0, 0.05) is 6.42 Å². The summed E-state index contributed by atoms with van der Waals surface area (Å²) >= 11 is 0. The van der Waals surface area contributed by atoms with Gasteiger partial charge in [-0.15, -0.1) is 0 Å². The van der Waals surface area contributed by atoms with E-state index < -0.39 is 6.43 Å². The summed E-state index contributed by atoms with van der Waals surface area (Å²) < 4.78 is 40.0. The maximum atomic E-state index is 12.1. The number of ether oxygens (including phenoxy) is 3. The molecule has 0 radical (unpaired) electrons. The van der Waals surface area contributed by atoms with Crippen LogP contribution in [0, 0.1) is 0 Å². The summed E-state index contributed by atoms with van der Waals surface area (Å²) in [5, 5.41) is 0. The minimum absolute atomic E-state index is 0.0966. The molecular weight excluding hydrogens is 256 g/mol. The summed E-state index contributed by atoms with van der Waals surface area (Å²) in [6.45, 7) is 0.401. The monoisotopic (exact) mass is 275 g/mol.